The van der Waals surface area contributed by atoms with Crippen molar-refractivity contribution in [1.29, 1.82) is 0 Å². The molecule has 0 saturated heterocycles. The van der Waals surface area contributed by atoms with Crippen molar-refractivity contribution in [2.45, 2.75) is 33.4 Å². The van der Waals surface area contributed by atoms with Crippen molar-refractivity contribution in [3.05, 3.63) is 102 Å². The fourth-order valence-electron chi connectivity index (χ4n) is 4.97. The van der Waals surface area contributed by atoms with Crippen LogP contribution < -0.4 is 10.6 Å². The molecule has 5 rings (SSSR count). The van der Waals surface area contributed by atoms with Crippen LogP contribution in [0.2, 0.25) is 5.02 Å². The van der Waals surface area contributed by atoms with E-state index in [4.69, 9.17) is 11.6 Å². The molecule has 5 aromatic rings. The van der Waals surface area contributed by atoms with Crippen LogP contribution in [0.3, 0.4) is 0 Å². The van der Waals surface area contributed by atoms with E-state index >= 15 is 4.39 Å². The van der Waals surface area contributed by atoms with Gasteiger partial charge in [0.25, 0.3) is 0 Å². The van der Waals surface area contributed by atoms with Crippen LogP contribution >= 0.6 is 11.6 Å². The fourth-order valence-corrected chi connectivity index (χ4v) is 5.21. The van der Waals surface area contributed by atoms with Crippen LogP contribution in [0.15, 0.2) is 85.6 Å². The van der Waals surface area contributed by atoms with Gasteiger partial charge in [-0.2, -0.15) is 0 Å². The van der Waals surface area contributed by atoms with E-state index in [1.165, 1.54) is 24.2 Å². The SMILES string of the molecule is CC(=O)c1cn(CC(=O)N(CC(=O)Nc2cccc(-c3ccccc3Cl)c2F)C(C)C)c2ccc(Nc3cncnc3)cc12. The number of aromatic nitrogens is 3. The first kappa shape index (κ1) is 30.4. The number of hydrogen-bond acceptors (Lipinski definition) is 6. The van der Waals surface area contributed by atoms with E-state index in [0.717, 1.165) is 5.69 Å². The van der Waals surface area contributed by atoms with Crippen molar-refractivity contribution < 1.29 is 18.8 Å². The summed E-state index contributed by atoms with van der Waals surface area (Å²) in [6, 6.07) is 16.7. The molecular formula is C33H30ClFN6O3. The molecule has 44 heavy (non-hydrogen) atoms. The molecule has 2 amide bonds. The van der Waals surface area contributed by atoms with Gasteiger partial charge in [0.2, 0.25) is 11.8 Å². The number of carbonyl (C=O) groups is 3. The molecule has 2 aromatic heterocycles. The Bertz CT molecular complexity index is 1860. The molecular weight excluding hydrogens is 583 g/mol. The van der Waals surface area contributed by atoms with Gasteiger partial charge in [-0.1, -0.05) is 41.9 Å². The van der Waals surface area contributed by atoms with E-state index in [-0.39, 0.29) is 42.1 Å². The summed E-state index contributed by atoms with van der Waals surface area (Å²) in [4.78, 5) is 48.5. The summed E-state index contributed by atoms with van der Waals surface area (Å²) in [5, 5.41) is 6.87. The molecule has 3 aromatic carbocycles. The number of ketones is 1. The summed E-state index contributed by atoms with van der Waals surface area (Å²) < 4.78 is 17.1. The highest BCUT2D eigenvalue weighted by atomic mass is 35.5. The zero-order valence-corrected chi connectivity index (χ0v) is 25.1. The highest BCUT2D eigenvalue weighted by Gasteiger charge is 2.23. The molecule has 0 saturated carbocycles. The predicted molar refractivity (Wildman–Crippen MR) is 170 cm³/mol. The third kappa shape index (κ3) is 6.60. The van der Waals surface area contributed by atoms with E-state index in [2.05, 4.69) is 20.6 Å². The van der Waals surface area contributed by atoms with Gasteiger partial charge in [-0.15, -0.1) is 0 Å². The summed E-state index contributed by atoms with van der Waals surface area (Å²) in [6.07, 6.45) is 6.34. The Morgan fingerprint density at radius 3 is 2.41 bits per heavy atom. The van der Waals surface area contributed by atoms with Crippen LogP contribution in [-0.2, 0) is 16.1 Å². The van der Waals surface area contributed by atoms with Crippen molar-refractivity contribution in [2.75, 3.05) is 17.2 Å². The van der Waals surface area contributed by atoms with Crippen LogP contribution in [0.1, 0.15) is 31.1 Å². The summed E-state index contributed by atoms with van der Waals surface area (Å²) in [7, 11) is 0. The Kier molecular flexibility index (Phi) is 9.01. The summed E-state index contributed by atoms with van der Waals surface area (Å²) in [6.45, 7) is 4.66. The average molecular weight is 613 g/mol. The summed E-state index contributed by atoms with van der Waals surface area (Å²) >= 11 is 6.26. The van der Waals surface area contributed by atoms with Crippen LogP contribution in [0.5, 0.6) is 0 Å². The lowest BCUT2D eigenvalue weighted by atomic mass is 10.0. The molecule has 0 aliphatic heterocycles. The number of rotatable bonds is 10. The molecule has 2 N–H and O–H groups in total. The van der Waals surface area contributed by atoms with Crippen LogP contribution in [0, 0.1) is 5.82 Å². The smallest absolute Gasteiger partial charge is 0.244 e. The van der Waals surface area contributed by atoms with Gasteiger partial charge in [0.1, 0.15) is 19.4 Å². The lowest BCUT2D eigenvalue weighted by molar-refractivity contribution is -0.136. The maximum Gasteiger partial charge on any atom is 0.244 e. The van der Waals surface area contributed by atoms with E-state index in [9.17, 15) is 14.4 Å². The van der Waals surface area contributed by atoms with Crippen molar-refractivity contribution in [1.82, 2.24) is 19.4 Å². The Hall–Kier alpha value is -5.09. The predicted octanol–water partition coefficient (Wildman–Crippen LogP) is 6.71. The summed E-state index contributed by atoms with van der Waals surface area (Å²) in [5.41, 5.74) is 3.30. The lowest BCUT2D eigenvalue weighted by Crippen LogP contribution is -2.43. The van der Waals surface area contributed by atoms with Gasteiger partial charge in [-0.05, 0) is 51.1 Å². The number of amides is 2. The van der Waals surface area contributed by atoms with Gasteiger partial charge >= 0.3 is 0 Å². The van der Waals surface area contributed by atoms with Gasteiger partial charge in [0, 0.05) is 50.5 Å². The highest BCUT2D eigenvalue weighted by Crippen LogP contribution is 2.33. The van der Waals surface area contributed by atoms with Crippen LogP contribution in [-0.4, -0.2) is 49.6 Å². The van der Waals surface area contributed by atoms with E-state index in [1.54, 1.807) is 73.4 Å². The lowest BCUT2D eigenvalue weighted by Gasteiger charge is -2.26. The molecule has 0 fully saturated rings. The largest absolute Gasteiger partial charge is 0.353 e. The number of nitrogens with one attached hydrogen (secondary N) is 2. The van der Waals surface area contributed by atoms with E-state index < -0.39 is 11.7 Å². The molecule has 11 heteroatoms. The first-order chi connectivity index (χ1) is 21.1. The topological polar surface area (TPSA) is 109 Å². The first-order valence-corrected chi connectivity index (χ1v) is 14.3. The van der Waals surface area contributed by atoms with Crippen molar-refractivity contribution >= 4 is 57.2 Å². The molecule has 2 heterocycles. The number of carbonyl (C=O) groups excluding carboxylic acids is 3. The molecule has 0 unspecified atom stereocenters. The van der Waals surface area contributed by atoms with Gasteiger partial charge in [-0.25, -0.2) is 14.4 Å². The zero-order valence-electron chi connectivity index (χ0n) is 24.3. The molecule has 9 nitrogen and oxygen atoms in total. The standard InChI is InChI=1S/C33H30ClFN6O3/c1-20(2)41(17-31(43)39-29-10-6-8-25(33(29)35)24-7-4-5-9-28(24)34)32(44)18-40-16-27(21(3)42)26-13-22(11-12-30(26)40)38-23-14-36-19-37-15-23/h4-16,19-20,38H,17-18H2,1-3H3,(H,39,43). The van der Waals surface area contributed by atoms with Crippen LogP contribution in [0.25, 0.3) is 22.0 Å². The maximum absolute atomic E-state index is 15.4. The minimum Gasteiger partial charge on any atom is -0.353 e. The average Bonchev–Trinajstić information content (AvgIpc) is 3.35. The number of hydrogen-bond donors (Lipinski definition) is 2. The third-order valence-electron chi connectivity index (χ3n) is 7.11. The minimum absolute atomic E-state index is 0.0162. The molecule has 0 aliphatic rings. The normalized spacial score (nSPS) is 11.0. The molecule has 0 atom stereocenters. The Morgan fingerprint density at radius 2 is 1.70 bits per heavy atom. The second-order valence-electron chi connectivity index (χ2n) is 10.5. The van der Waals surface area contributed by atoms with Crippen molar-refractivity contribution in [2.24, 2.45) is 0 Å². The van der Waals surface area contributed by atoms with Crippen molar-refractivity contribution in [3.8, 4) is 11.1 Å². The van der Waals surface area contributed by atoms with Crippen LogP contribution in [0.4, 0.5) is 21.5 Å². The molecule has 0 spiro atoms. The number of Topliss-reactive ketones (excluding diaryl/α,β-unsaturated/α-hetero) is 1. The van der Waals surface area contributed by atoms with E-state index in [0.29, 0.717) is 32.7 Å². The Labute approximate surface area is 258 Å². The molecule has 0 aliphatic carbocycles. The second-order valence-corrected chi connectivity index (χ2v) is 10.9. The molecule has 0 radical (unpaired) electrons. The zero-order chi connectivity index (χ0) is 31.4. The quantitative estimate of drug-likeness (QED) is 0.170. The van der Waals surface area contributed by atoms with Gasteiger partial charge < -0.3 is 20.1 Å². The Balaban J connectivity index is 1.34. The van der Waals surface area contributed by atoms with Crippen molar-refractivity contribution in [3.63, 3.8) is 0 Å². The highest BCUT2D eigenvalue weighted by molar-refractivity contribution is 6.33. The molecule has 0 bridgehead atoms. The number of anilines is 3. The number of benzene rings is 3. The van der Waals surface area contributed by atoms with Gasteiger partial charge in [0.05, 0.1) is 23.8 Å². The monoisotopic (exact) mass is 612 g/mol. The number of halogens is 2. The van der Waals surface area contributed by atoms with Gasteiger partial charge in [0.15, 0.2) is 11.6 Å². The fraction of sp³-hybridized carbons (Fsp3) is 0.182. The first-order valence-electron chi connectivity index (χ1n) is 13.9. The molecule has 224 valence electrons. The third-order valence-corrected chi connectivity index (χ3v) is 7.44. The van der Waals surface area contributed by atoms with Gasteiger partial charge in [-0.3, -0.25) is 14.4 Å². The number of fused-ring (bicyclic) bond motifs is 1. The summed E-state index contributed by atoms with van der Waals surface area (Å²) in [5.74, 6) is -1.66. The number of nitrogens with zero attached hydrogens (tertiary/aromatic N) is 4. The minimum atomic E-state index is -0.624. The Morgan fingerprint density at radius 1 is 0.977 bits per heavy atom. The maximum atomic E-state index is 15.4. The second kappa shape index (κ2) is 13.0. The van der Waals surface area contributed by atoms with E-state index in [1.807, 2.05) is 18.2 Å².